The number of nitrogens with zero attached hydrogens (tertiary/aromatic N) is 1. The maximum atomic E-state index is 12.8. The molecule has 1 aromatic carbocycles. The molecule has 0 heterocycles. The van der Waals surface area contributed by atoms with Gasteiger partial charge in [0.1, 0.15) is 0 Å². The van der Waals surface area contributed by atoms with Gasteiger partial charge >= 0.3 is 0 Å². The summed E-state index contributed by atoms with van der Waals surface area (Å²) in [5.41, 5.74) is 2.62. The number of fused-ring (bicyclic) bond motifs is 1. The fourth-order valence-corrected chi connectivity index (χ4v) is 4.62. The van der Waals surface area contributed by atoms with Gasteiger partial charge in [0, 0.05) is 25.4 Å². The van der Waals surface area contributed by atoms with E-state index in [9.17, 15) is 9.59 Å². The van der Waals surface area contributed by atoms with E-state index in [1.54, 1.807) is 0 Å². The van der Waals surface area contributed by atoms with E-state index in [0.717, 1.165) is 57.9 Å². The van der Waals surface area contributed by atoms with Crippen molar-refractivity contribution < 1.29 is 9.59 Å². The van der Waals surface area contributed by atoms with Crippen molar-refractivity contribution in [2.75, 3.05) is 13.1 Å². The first-order chi connectivity index (χ1) is 13.2. The highest BCUT2D eigenvalue weighted by Crippen LogP contribution is 2.29. The van der Waals surface area contributed by atoms with E-state index in [1.807, 2.05) is 4.90 Å². The van der Waals surface area contributed by atoms with E-state index in [0.29, 0.717) is 13.0 Å². The molecule has 2 amide bonds. The third kappa shape index (κ3) is 5.33. The molecule has 0 bridgehead atoms. The van der Waals surface area contributed by atoms with Gasteiger partial charge in [-0.15, -0.1) is 0 Å². The van der Waals surface area contributed by atoms with Crippen LogP contribution >= 0.6 is 0 Å². The lowest BCUT2D eigenvalue weighted by molar-refractivity contribution is -0.137. The van der Waals surface area contributed by atoms with Gasteiger partial charge < -0.3 is 10.2 Å². The number of amides is 2. The Balaban J connectivity index is 1.53. The number of benzene rings is 1. The molecule has 0 saturated heterocycles. The molecule has 0 aromatic heterocycles. The molecule has 4 nitrogen and oxygen atoms in total. The molecule has 0 spiro atoms. The Kier molecular flexibility index (Phi) is 7.31. The van der Waals surface area contributed by atoms with Crippen LogP contribution in [0.3, 0.4) is 0 Å². The predicted molar refractivity (Wildman–Crippen MR) is 108 cm³/mol. The summed E-state index contributed by atoms with van der Waals surface area (Å²) in [6.07, 6.45) is 10.2. The average Bonchev–Trinajstić information content (AvgIpc) is 2.71. The Morgan fingerprint density at radius 2 is 1.81 bits per heavy atom. The molecule has 148 valence electrons. The second-order valence-electron chi connectivity index (χ2n) is 8.12. The van der Waals surface area contributed by atoms with Gasteiger partial charge in [-0.05, 0) is 49.7 Å². The quantitative estimate of drug-likeness (QED) is 0.774. The van der Waals surface area contributed by atoms with Gasteiger partial charge in [0.2, 0.25) is 11.8 Å². The molecule has 27 heavy (non-hydrogen) atoms. The third-order valence-corrected chi connectivity index (χ3v) is 6.07. The van der Waals surface area contributed by atoms with Gasteiger partial charge in [-0.2, -0.15) is 0 Å². The molecule has 4 heteroatoms. The van der Waals surface area contributed by atoms with E-state index in [1.165, 1.54) is 17.5 Å². The Labute approximate surface area is 163 Å². The van der Waals surface area contributed by atoms with Crippen LogP contribution in [-0.2, 0) is 16.0 Å². The standard InChI is InChI=1S/C23H34N2O2/c1-2-16-25(23(27)19-10-4-3-5-11-19)17-15-22(26)24-21-14-8-12-18-9-6-7-13-20(18)21/h6-7,9,13,19,21H,2-5,8,10-12,14-17H2,1H3,(H,24,26). The van der Waals surface area contributed by atoms with Crippen LogP contribution in [0, 0.1) is 5.92 Å². The number of hydrogen-bond donors (Lipinski definition) is 1. The number of hydrogen-bond acceptors (Lipinski definition) is 2. The second-order valence-corrected chi connectivity index (χ2v) is 8.12. The average molecular weight is 371 g/mol. The molecule has 1 fully saturated rings. The largest absolute Gasteiger partial charge is 0.349 e. The van der Waals surface area contributed by atoms with E-state index in [4.69, 9.17) is 0 Å². The van der Waals surface area contributed by atoms with Crippen LogP contribution in [0.15, 0.2) is 24.3 Å². The van der Waals surface area contributed by atoms with Gasteiger partial charge in [0.05, 0.1) is 6.04 Å². The van der Waals surface area contributed by atoms with Crippen molar-refractivity contribution in [2.24, 2.45) is 5.92 Å². The second kappa shape index (κ2) is 9.91. The fourth-order valence-electron chi connectivity index (χ4n) is 4.62. The molecular formula is C23H34N2O2. The Morgan fingerprint density at radius 3 is 2.59 bits per heavy atom. The van der Waals surface area contributed by atoms with Crippen molar-refractivity contribution >= 4 is 11.8 Å². The normalized spacial score (nSPS) is 20.0. The highest BCUT2D eigenvalue weighted by molar-refractivity contribution is 5.81. The molecule has 1 saturated carbocycles. The van der Waals surface area contributed by atoms with Crippen LogP contribution in [0.25, 0.3) is 0 Å². The van der Waals surface area contributed by atoms with Gasteiger partial charge in [-0.25, -0.2) is 0 Å². The van der Waals surface area contributed by atoms with Crippen molar-refractivity contribution in [2.45, 2.75) is 77.2 Å². The van der Waals surface area contributed by atoms with Gasteiger partial charge in [-0.3, -0.25) is 9.59 Å². The lowest BCUT2D eigenvalue weighted by Gasteiger charge is -2.30. The minimum absolute atomic E-state index is 0.0641. The van der Waals surface area contributed by atoms with Gasteiger partial charge in [0.15, 0.2) is 0 Å². The van der Waals surface area contributed by atoms with Crippen LogP contribution in [0.4, 0.5) is 0 Å². The number of aryl methyl sites for hydroxylation is 1. The van der Waals surface area contributed by atoms with Crippen molar-refractivity contribution in [3.63, 3.8) is 0 Å². The number of nitrogens with one attached hydrogen (secondary N) is 1. The monoisotopic (exact) mass is 370 g/mol. The topological polar surface area (TPSA) is 49.4 Å². The molecule has 1 unspecified atom stereocenters. The number of carbonyl (C=O) groups is 2. The van der Waals surface area contributed by atoms with Gasteiger partial charge in [-0.1, -0.05) is 50.5 Å². The SMILES string of the molecule is CCCN(CCC(=O)NC1CCCc2ccccc21)C(=O)C1CCCCC1. The maximum Gasteiger partial charge on any atom is 0.225 e. The molecule has 1 aromatic rings. The van der Waals surface area contributed by atoms with Crippen LogP contribution in [0.1, 0.15) is 81.9 Å². The molecule has 1 atom stereocenters. The van der Waals surface area contributed by atoms with E-state index < -0.39 is 0 Å². The first kappa shape index (κ1) is 19.9. The summed E-state index contributed by atoms with van der Waals surface area (Å²) in [5, 5.41) is 3.21. The molecule has 1 N–H and O–H groups in total. The fraction of sp³-hybridized carbons (Fsp3) is 0.652. The molecular weight excluding hydrogens is 336 g/mol. The summed E-state index contributed by atoms with van der Waals surface area (Å²) in [5.74, 6) is 0.514. The molecule has 0 radical (unpaired) electrons. The van der Waals surface area contributed by atoms with E-state index >= 15 is 0 Å². The summed E-state index contributed by atoms with van der Waals surface area (Å²) in [6, 6.07) is 8.54. The maximum absolute atomic E-state index is 12.8. The van der Waals surface area contributed by atoms with Crippen molar-refractivity contribution in [3.8, 4) is 0 Å². The lowest BCUT2D eigenvalue weighted by atomic mass is 9.87. The van der Waals surface area contributed by atoms with Crippen molar-refractivity contribution in [1.29, 1.82) is 0 Å². The summed E-state index contributed by atoms with van der Waals surface area (Å²) < 4.78 is 0. The van der Waals surface area contributed by atoms with E-state index in [-0.39, 0.29) is 23.8 Å². The summed E-state index contributed by atoms with van der Waals surface area (Å²) in [7, 11) is 0. The van der Waals surface area contributed by atoms with Crippen LogP contribution < -0.4 is 5.32 Å². The minimum atomic E-state index is 0.0641. The van der Waals surface area contributed by atoms with Crippen LogP contribution in [0.5, 0.6) is 0 Å². The van der Waals surface area contributed by atoms with E-state index in [2.05, 4.69) is 36.5 Å². The molecule has 2 aliphatic rings. The zero-order valence-electron chi connectivity index (χ0n) is 16.7. The Hall–Kier alpha value is -1.84. The Morgan fingerprint density at radius 1 is 1.04 bits per heavy atom. The minimum Gasteiger partial charge on any atom is -0.349 e. The first-order valence-electron chi connectivity index (χ1n) is 10.8. The summed E-state index contributed by atoms with van der Waals surface area (Å²) in [6.45, 7) is 3.40. The number of carbonyl (C=O) groups excluding carboxylic acids is 2. The summed E-state index contributed by atoms with van der Waals surface area (Å²) >= 11 is 0. The first-order valence-corrected chi connectivity index (χ1v) is 10.8. The molecule has 0 aliphatic heterocycles. The third-order valence-electron chi connectivity index (χ3n) is 6.07. The van der Waals surface area contributed by atoms with Crippen molar-refractivity contribution in [1.82, 2.24) is 10.2 Å². The smallest absolute Gasteiger partial charge is 0.225 e. The lowest BCUT2D eigenvalue weighted by Crippen LogP contribution is -2.40. The summed E-state index contributed by atoms with van der Waals surface area (Å²) in [4.78, 5) is 27.4. The van der Waals surface area contributed by atoms with Crippen molar-refractivity contribution in [3.05, 3.63) is 35.4 Å². The Bertz CT molecular complexity index is 637. The van der Waals surface area contributed by atoms with Gasteiger partial charge in [0.25, 0.3) is 0 Å². The highest BCUT2D eigenvalue weighted by Gasteiger charge is 2.26. The van der Waals surface area contributed by atoms with Crippen LogP contribution in [0.2, 0.25) is 0 Å². The highest BCUT2D eigenvalue weighted by atomic mass is 16.2. The zero-order chi connectivity index (χ0) is 19.1. The number of rotatable bonds is 7. The predicted octanol–water partition coefficient (Wildman–Crippen LogP) is 4.39. The molecule has 2 aliphatic carbocycles. The zero-order valence-corrected chi connectivity index (χ0v) is 16.7. The molecule has 3 rings (SSSR count). The van der Waals surface area contributed by atoms with Crippen LogP contribution in [-0.4, -0.2) is 29.8 Å².